The van der Waals surface area contributed by atoms with E-state index in [1.54, 1.807) is 13.0 Å². The first-order valence-corrected chi connectivity index (χ1v) is 5.32. The molecule has 0 heterocycles. The number of rotatable bonds is 3. The zero-order chi connectivity index (χ0) is 11.9. The Morgan fingerprint density at radius 1 is 1.56 bits per heavy atom. The molecule has 0 radical (unpaired) electrons. The van der Waals surface area contributed by atoms with E-state index < -0.39 is 5.82 Å². The van der Waals surface area contributed by atoms with Gasteiger partial charge in [0.15, 0.2) is 11.5 Å². The summed E-state index contributed by atoms with van der Waals surface area (Å²) in [7, 11) is 1.39. The molecule has 1 aromatic rings. The Morgan fingerprint density at radius 2 is 2.19 bits per heavy atom. The van der Waals surface area contributed by atoms with Gasteiger partial charge in [0, 0.05) is 17.5 Å². The van der Waals surface area contributed by atoms with Gasteiger partial charge in [0.25, 0.3) is 0 Å². The molecule has 0 bridgehead atoms. The van der Waals surface area contributed by atoms with Crippen LogP contribution < -0.4 is 10.5 Å². The van der Waals surface area contributed by atoms with Crippen molar-refractivity contribution in [2.45, 2.75) is 25.2 Å². The number of nitrogens with two attached hydrogens (primary N) is 1. The molecule has 0 unspecified atom stereocenters. The van der Waals surface area contributed by atoms with Crippen LogP contribution in [-0.2, 0) is 5.41 Å². The van der Waals surface area contributed by atoms with E-state index in [9.17, 15) is 9.50 Å². The van der Waals surface area contributed by atoms with Crippen LogP contribution in [-0.4, -0.2) is 18.8 Å². The predicted molar refractivity (Wildman–Crippen MR) is 59.3 cm³/mol. The van der Waals surface area contributed by atoms with Crippen molar-refractivity contribution in [3.63, 3.8) is 0 Å². The number of methoxy groups -OCH3 is 1. The number of hydrogen-bond donors (Lipinski definition) is 2. The van der Waals surface area contributed by atoms with Crippen molar-refractivity contribution >= 4 is 0 Å². The van der Waals surface area contributed by atoms with E-state index in [2.05, 4.69) is 0 Å². The Labute approximate surface area is 94.0 Å². The van der Waals surface area contributed by atoms with Gasteiger partial charge in [-0.05, 0) is 31.4 Å². The number of benzene rings is 1. The summed E-state index contributed by atoms with van der Waals surface area (Å²) in [5.41, 5.74) is 6.76. The van der Waals surface area contributed by atoms with E-state index in [-0.39, 0.29) is 16.9 Å². The van der Waals surface area contributed by atoms with Crippen LogP contribution in [0.3, 0.4) is 0 Å². The van der Waals surface area contributed by atoms with Crippen molar-refractivity contribution in [1.29, 1.82) is 0 Å². The van der Waals surface area contributed by atoms with Crippen LogP contribution in [0.15, 0.2) is 6.07 Å². The molecule has 0 amide bonds. The monoisotopic (exact) mass is 225 g/mol. The molecule has 1 saturated carbocycles. The van der Waals surface area contributed by atoms with Crippen molar-refractivity contribution in [3.8, 4) is 11.5 Å². The molecule has 1 fully saturated rings. The van der Waals surface area contributed by atoms with Crippen molar-refractivity contribution in [2.75, 3.05) is 13.7 Å². The second kappa shape index (κ2) is 3.63. The summed E-state index contributed by atoms with van der Waals surface area (Å²) in [6, 6.07) is 1.77. The zero-order valence-electron chi connectivity index (χ0n) is 9.51. The second-order valence-electron chi connectivity index (χ2n) is 4.42. The number of ether oxygens (including phenoxy) is 1. The summed E-state index contributed by atoms with van der Waals surface area (Å²) in [6.07, 6.45) is 1.81. The third kappa shape index (κ3) is 1.45. The Kier molecular flexibility index (Phi) is 2.54. The van der Waals surface area contributed by atoms with Crippen molar-refractivity contribution in [1.82, 2.24) is 0 Å². The van der Waals surface area contributed by atoms with E-state index in [1.807, 2.05) is 0 Å². The summed E-state index contributed by atoms with van der Waals surface area (Å²) >= 11 is 0. The van der Waals surface area contributed by atoms with E-state index in [1.165, 1.54) is 7.11 Å². The molecule has 3 nitrogen and oxygen atoms in total. The lowest BCUT2D eigenvalue weighted by atomic mass is 9.93. The van der Waals surface area contributed by atoms with Gasteiger partial charge in [0.1, 0.15) is 0 Å². The highest BCUT2D eigenvalue weighted by Crippen LogP contribution is 2.52. The lowest BCUT2D eigenvalue weighted by molar-refractivity contribution is 0.357. The van der Waals surface area contributed by atoms with Gasteiger partial charge in [0.2, 0.25) is 5.82 Å². The van der Waals surface area contributed by atoms with Crippen LogP contribution >= 0.6 is 0 Å². The number of aryl methyl sites for hydroxylation is 1. The van der Waals surface area contributed by atoms with E-state index in [0.29, 0.717) is 17.7 Å². The SMILES string of the molecule is COc1c(C)cc(C2(CN)CC2)c(O)c1F. The molecular weight excluding hydrogens is 209 g/mol. The van der Waals surface area contributed by atoms with Gasteiger partial charge in [-0.15, -0.1) is 0 Å². The van der Waals surface area contributed by atoms with E-state index in [4.69, 9.17) is 10.5 Å². The van der Waals surface area contributed by atoms with Gasteiger partial charge < -0.3 is 15.6 Å². The third-order valence-corrected chi connectivity index (χ3v) is 3.40. The lowest BCUT2D eigenvalue weighted by Crippen LogP contribution is -2.20. The average molecular weight is 225 g/mol. The van der Waals surface area contributed by atoms with E-state index >= 15 is 0 Å². The first kappa shape index (κ1) is 11.2. The number of phenolic OH excluding ortho intramolecular Hbond substituents is 1. The van der Waals surface area contributed by atoms with E-state index in [0.717, 1.165) is 12.8 Å². The number of halogens is 1. The molecule has 1 aliphatic rings. The first-order chi connectivity index (χ1) is 7.55. The van der Waals surface area contributed by atoms with Crippen molar-refractivity contribution in [2.24, 2.45) is 5.73 Å². The highest BCUT2D eigenvalue weighted by molar-refractivity contribution is 5.52. The van der Waals surface area contributed by atoms with Crippen molar-refractivity contribution in [3.05, 3.63) is 23.0 Å². The fourth-order valence-electron chi connectivity index (χ4n) is 2.14. The molecule has 2 rings (SSSR count). The third-order valence-electron chi connectivity index (χ3n) is 3.40. The molecule has 1 aliphatic carbocycles. The van der Waals surface area contributed by atoms with Crippen LogP contribution in [0.4, 0.5) is 4.39 Å². The molecule has 3 N–H and O–H groups in total. The number of aromatic hydroxyl groups is 1. The molecule has 0 aromatic heterocycles. The summed E-state index contributed by atoms with van der Waals surface area (Å²) < 4.78 is 18.7. The predicted octanol–water partition coefficient (Wildman–Crippen LogP) is 1.84. The maximum atomic E-state index is 13.8. The molecule has 88 valence electrons. The Morgan fingerprint density at radius 3 is 2.62 bits per heavy atom. The Bertz CT molecular complexity index is 428. The second-order valence-corrected chi connectivity index (χ2v) is 4.42. The minimum Gasteiger partial charge on any atom is -0.505 e. The minimum atomic E-state index is -0.683. The average Bonchev–Trinajstić information content (AvgIpc) is 3.05. The van der Waals surface area contributed by atoms with Crippen LogP contribution in [0.2, 0.25) is 0 Å². The number of hydrogen-bond acceptors (Lipinski definition) is 3. The van der Waals surface area contributed by atoms with Gasteiger partial charge in [-0.1, -0.05) is 0 Å². The number of phenols is 1. The summed E-state index contributed by atoms with van der Waals surface area (Å²) in [5.74, 6) is -0.892. The molecule has 1 aromatic carbocycles. The lowest BCUT2D eigenvalue weighted by Gasteiger charge is -2.18. The Balaban J connectivity index is 2.57. The normalized spacial score (nSPS) is 17.2. The van der Waals surface area contributed by atoms with Crippen LogP contribution in [0, 0.1) is 12.7 Å². The summed E-state index contributed by atoms with van der Waals surface area (Å²) in [5, 5.41) is 9.83. The zero-order valence-corrected chi connectivity index (χ0v) is 9.51. The molecule has 0 atom stereocenters. The molecule has 0 aliphatic heterocycles. The topological polar surface area (TPSA) is 55.5 Å². The molecule has 4 heteroatoms. The highest BCUT2D eigenvalue weighted by atomic mass is 19.1. The fraction of sp³-hybridized carbons (Fsp3) is 0.500. The molecule has 0 spiro atoms. The van der Waals surface area contributed by atoms with Gasteiger partial charge in [-0.3, -0.25) is 0 Å². The standard InChI is InChI=1S/C12H16FNO2/c1-7-5-8(12(6-14)3-4-12)10(15)9(13)11(7)16-2/h5,15H,3-4,6,14H2,1-2H3. The largest absolute Gasteiger partial charge is 0.505 e. The fourth-order valence-corrected chi connectivity index (χ4v) is 2.14. The van der Waals surface area contributed by atoms with Crippen LogP contribution in [0.5, 0.6) is 11.5 Å². The minimum absolute atomic E-state index is 0.106. The quantitative estimate of drug-likeness (QED) is 0.825. The van der Waals surface area contributed by atoms with Gasteiger partial charge in [-0.25, -0.2) is 0 Å². The van der Waals surface area contributed by atoms with Gasteiger partial charge in [-0.2, -0.15) is 4.39 Å². The summed E-state index contributed by atoms with van der Waals surface area (Å²) in [6.45, 7) is 2.20. The first-order valence-electron chi connectivity index (χ1n) is 5.32. The Hall–Kier alpha value is -1.29. The van der Waals surface area contributed by atoms with Crippen molar-refractivity contribution < 1.29 is 14.2 Å². The van der Waals surface area contributed by atoms with Gasteiger partial charge >= 0.3 is 0 Å². The molecular formula is C12H16FNO2. The molecule has 0 saturated heterocycles. The van der Waals surface area contributed by atoms with Gasteiger partial charge in [0.05, 0.1) is 7.11 Å². The van der Waals surface area contributed by atoms with Crippen LogP contribution in [0.1, 0.15) is 24.0 Å². The highest BCUT2D eigenvalue weighted by Gasteiger charge is 2.45. The maximum Gasteiger partial charge on any atom is 0.207 e. The summed E-state index contributed by atoms with van der Waals surface area (Å²) in [4.78, 5) is 0. The smallest absolute Gasteiger partial charge is 0.207 e. The molecule has 16 heavy (non-hydrogen) atoms. The van der Waals surface area contributed by atoms with Crippen LogP contribution in [0.25, 0.3) is 0 Å². The maximum absolute atomic E-state index is 13.8.